The second-order valence-electron chi connectivity index (χ2n) is 4.44. The van der Waals surface area contributed by atoms with Crippen molar-refractivity contribution in [3.63, 3.8) is 0 Å². The van der Waals surface area contributed by atoms with E-state index in [2.05, 4.69) is 14.7 Å². The molecule has 21 heavy (non-hydrogen) atoms. The van der Waals surface area contributed by atoms with Gasteiger partial charge in [-0.1, -0.05) is 18.2 Å². The molecule has 0 aliphatic heterocycles. The van der Waals surface area contributed by atoms with Crippen LogP contribution in [0.1, 0.15) is 0 Å². The average Bonchev–Trinajstić information content (AvgIpc) is 2.47. The van der Waals surface area contributed by atoms with Crippen LogP contribution >= 0.6 is 0 Å². The van der Waals surface area contributed by atoms with Gasteiger partial charge in [0, 0.05) is 11.6 Å². The minimum Gasteiger partial charge on any atom is -0.384 e. The van der Waals surface area contributed by atoms with Gasteiger partial charge in [-0.3, -0.25) is 9.71 Å². The fourth-order valence-electron chi connectivity index (χ4n) is 1.89. The van der Waals surface area contributed by atoms with Crippen LogP contribution in [0.25, 0.3) is 10.9 Å². The van der Waals surface area contributed by atoms with Crippen LogP contribution in [-0.4, -0.2) is 18.4 Å². The van der Waals surface area contributed by atoms with Crippen molar-refractivity contribution in [1.29, 1.82) is 0 Å². The predicted molar refractivity (Wildman–Crippen MR) is 81.2 cm³/mol. The Kier molecular flexibility index (Phi) is 3.19. The molecule has 0 amide bonds. The molecule has 0 aliphatic carbocycles. The number of fused-ring (bicyclic) bond motifs is 1. The molecular weight excluding hydrogens is 288 g/mol. The summed E-state index contributed by atoms with van der Waals surface area (Å²) in [7, 11) is -3.71. The van der Waals surface area contributed by atoms with E-state index in [1.807, 2.05) is 24.3 Å². The molecule has 6 nitrogen and oxygen atoms in total. The topological polar surface area (TPSA) is 98.0 Å². The van der Waals surface area contributed by atoms with Crippen molar-refractivity contribution in [2.24, 2.45) is 0 Å². The Balaban J connectivity index is 1.95. The number of hydrogen-bond donors (Lipinski definition) is 2. The number of nitrogens with one attached hydrogen (secondary N) is 1. The summed E-state index contributed by atoms with van der Waals surface area (Å²) in [6.07, 6.45) is 2.69. The first-order chi connectivity index (χ1) is 10.0. The molecular formula is C14H12N4O2S. The van der Waals surface area contributed by atoms with Crippen LogP contribution in [0, 0.1) is 0 Å². The summed E-state index contributed by atoms with van der Waals surface area (Å²) < 4.78 is 26.9. The first kappa shape index (κ1) is 13.3. The lowest BCUT2D eigenvalue weighted by atomic mass is 10.2. The van der Waals surface area contributed by atoms with Crippen molar-refractivity contribution in [1.82, 2.24) is 9.97 Å². The van der Waals surface area contributed by atoms with Crippen molar-refractivity contribution in [2.75, 3.05) is 10.5 Å². The zero-order chi connectivity index (χ0) is 14.9. The highest BCUT2D eigenvalue weighted by Crippen LogP contribution is 2.19. The molecule has 0 spiro atoms. The molecule has 0 unspecified atom stereocenters. The summed E-state index contributed by atoms with van der Waals surface area (Å²) in [5.41, 5.74) is 6.64. The molecule has 3 aromatic rings. The van der Waals surface area contributed by atoms with Crippen molar-refractivity contribution in [2.45, 2.75) is 4.90 Å². The molecule has 0 bridgehead atoms. The fraction of sp³-hybridized carbons (Fsp3) is 0. The molecule has 2 heterocycles. The number of nitrogens with two attached hydrogens (primary N) is 1. The van der Waals surface area contributed by atoms with Crippen LogP contribution in [0.3, 0.4) is 0 Å². The third kappa shape index (κ3) is 2.77. The fourth-order valence-corrected chi connectivity index (χ4v) is 2.87. The molecule has 0 saturated heterocycles. The number of aromatic nitrogens is 2. The molecule has 0 aliphatic rings. The van der Waals surface area contributed by atoms with Crippen molar-refractivity contribution in [3.8, 4) is 0 Å². The van der Waals surface area contributed by atoms with Crippen LogP contribution in [0.2, 0.25) is 0 Å². The average molecular weight is 300 g/mol. The maximum absolute atomic E-state index is 12.2. The summed E-state index contributed by atoms with van der Waals surface area (Å²) in [5.74, 6) is 0.265. The number of nitrogen functional groups attached to an aromatic ring is 1. The van der Waals surface area contributed by atoms with Gasteiger partial charge in [0.25, 0.3) is 10.0 Å². The third-order valence-corrected chi connectivity index (χ3v) is 4.28. The summed E-state index contributed by atoms with van der Waals surface area (Å²) in [6.45, 7) is 0. The smallest absolute Gasteiger partial charge is 0.263 e. The molecule has 3 N–H and O–H groups in total. The first-order valence-electron chi connectivity index (χ1n) is 6.14. The third-order valence-electron chi connectivity index (χ3n) is 2.91. The Labute approximate surface area is 121 Å². The lowest BCUT2D eigenvalue weighted by molar-refractivity contribution is 0.601. The highest BCUT2D eigenvalue weighted by atomic mass is 32.2. The number of benzene rings is 1. The Morgan fingerprint density at radius 3 is 2.57 bits per heavy atom. The van der Waals surface area contributed by atoms with E-state index in [1.54, 1.807) is 6.07 Å². The Morgan fingerprint density at radius 2 is 1.81 bits per heavy atom. The molecule has 0 radical (unpaired) electrons. The van der Waals surface area contributed by atoms with E-state index in [1.165, 1.54) is 24.5 Å². The van der Waals surface area contributed by atoms with Crippen LogP contribution in [-0.2, 0) is 10.0 Å². The van der Waals surface area contributed by atoms with Crippen molar-refractivity contribution in [3.05, 3.63) is 54.9 Å². The second kappa shape index (κ2) is 5.02. The standard InChI is InChI=1S/C14H12N4O2S/c15-14-6-5-12(9-17-14)21(19,20)18-11-7-10-3-1-2-4-13(10)16-8-11/h1-9,18H,(H2,15,17). The van der Waals surface area contributed by atoms with E-state index in [4.69, 9.17) is 5.73 Å². The van der Waals surface area contributed by atoms with E-state index < -0.39 is 10.0 Å². The number of anilines is 2. The van der Waals surface area contributed by atoms with Crippen LogP contribution in [0.5, 0.6) is 0 Å². The van der Waals surface area contributed by atoms with Gasteiger partial charge in [-0.15, -0.1) is 0 Å². The highest BCUT2D eigenvalue weighted by molar-refractivity contribution is 7.92. The number of hydrogen-bond acceptors (Lipinski definition) is 5. The summed E-state index contributed by atoms with van der Waals surface area (Å²) in [6, 6.07) is 12.0. The molecule has 0 saturated carbocycles. The van der Waals surface area contributed by atoms with Crippen LogP contribution < -0.4 is 10.5 Å². The lowest BCUT2D eigenvalue weighted by Gasteiger charge is -2.08. The van der Waals surface area contributed by atoms with Gasteiger partial charge in [0.05, 0.1) is 17.4 Å². The zero-order valence-electron chi connectivity index (χ0n) is 10.9. The highest BCUT2D eigenvalue weighted by Gasteiger charge is 2.14. The quantitative estimate of drug-likeness (QED) is 0.771. The van der Waals surface area contributed by atoms with Gasteiger partial charge in [0.2, 0.25) is 0 Å². The van der Waals surface area contributed by atoms with Gasteiger partial charge in [0.15, 0.2) is 0 Å². The molecule has 0 fully saturated rings. The maximum atomic E-state index is 12.2. The van der Waals surface area contributed by atoms with E-state index in [-0.39, 0.29) is 10.7 Å². The maximum Gasteiger partial charge on any atom is 0.263 e. The summed E-state index contributed by atoms with van der Waals surface area (Å²) in [5, 5.41) is 0.855. The number of pyridine rings is 2. The van der Waals surface area contributed by atoms with Gasteiger partial charge >= 0.3 is 0 Å². The number of para-hydroxylation sites is 1. The van der Waals surface area contributed by atoms with Gasteiger partial charge in [0.1, 0.15) is 10.7 Å². The molecule has 106 valence electrons. The molecule has 2 aromatic heterocycles. The first-order valence-corrected chi connectivity index (χ1v) is 7.62. The normalized spacial score (nSPS) is 11.4. The van der Waals surface area contributed by atoms with E-state index in [0.29, 0.717) is 5.69 Å². The molecule has 0 atom stereocenters. The Hall–Kier alpha value is -2.67. The van der Waals surface area contributed by atoms with E-state index >= 15 is 0 Å². The van der Waals surface area contributed by atoms with Gasteiger partial charge in [-0.05, 0) is 24.3 Å². The summed E-state index contributed by atoms with van der Waals surface area (Å²) in [4.78, 5) is 8.04. The van der Waals surface area contributed by atoms with Crippen LogP contribution in [0.15, 0.2) is 59.8 Å². The Morgan fingerprint density at radius 1 is 1.00 bits per heavy atom. The summed E-state index contributed by atoms with van der Waals surface area (Å²) >= 11 is 0. The minimum atomic E-state index is -3.71. The predicted octanol–water partition coefficient (Wildman–Crippen LogP) is 2.01. The van der Waals surface area contributed by atoms with E-state index in [9.17, 15) is 8.42 Å². The van der Waals surface area contributed by atoms with E-state index in [0.717, 1.165) is 10.9 Å². The van der Waals surface area contributed by atoms with Crippen molar-refractivity contribution < 1.29 is 8.42 Å². The zero-order valence-corrected chi connectivity index (χ0v) is 11.7. The molecule has 3 rings (SSSR count). The largest absolute Gasteiger partial charge is 0.384 e. The SMILES string of the molecule is Nc1ccc(S(=O)(=O)Nc2cnc3ccccc3c2)cn1. The van der Waals surface area contributed by atoms with Gasteiger partial charge in [-0.2, -0.15) is 0 Å². The Bertz CT molecular complexity index is 892. The van der Waals surface area contributed by atoms with Gasteiger partial charge in [-0.25, -0.2) is 13.4 Å². The molecule has 7 heteroatoms. The number of nitrogens with zero attached hydrogens (tertiary/aromatic N) is 2. The number of rotatable bonds is 3. The molecule has 1 aromatic carbocycles. The van der Waals surface area contributed by atoms with Gasteiger partial charge < -0.3 is 5.73 Å². The monoisotopic (exact) mass is 300 g/mol. The number of sulfonamides is 1. The minimum absolute atomic E-state index is 0.0462. The van der Waals surface area contributed by atoms with Crippen LogP contribution in [0.4, 0.5) is 11.5 Å². The lowest BCUT2D eigenvalue weighted by Crippen LogP contribution is -2.13. The second-order valence-corrected chi connectivity index (χ2v) is 6.12. The van der Waals surface area contributed by atoms with Crippen molar-refractivity contribution >= 4 is 32.4 Å².